The summed E-state index contributed by atoms with van der Waals surface area (Å²) in [6.07, 6.45) is 1.81. The average molecular weight is 217 g/mol. The van der Waals surface area contributed by atoms with E-state index in [0.29, 0.717) is 6.61 Å². The highest BCUT2D eigenvalue weighted by Crippen LogP contribution is 2.14. The number of anilines is 1. The number of pyridine rings is 2. The fraction of sp³-hybridized carbons (Fsp3) is 0.333. The topological polar surface area (TPSA) is 47.0 Å². The van der Waals surface area contributed by atoms with Crippen molar-refractivity contribution in [1.29, 1.82) is 0 Å². The van der Waals surface area contributed by atoms with Crippen molar-refractivity contribution in [3.05, 3.63) is 30.1 Å². The van der Waals surface area contributed by atoms with Crippen LogP contribution < -0.4 is 5.32 Å². The van der Waals surface area contributed by atoms with Crippen molar-refractivity contribution in [3.63, 3.8) is 0 Å². The molecule has 0 saturated heterocycles. The minimum absolute atomic E-state index is 0.680. The molecule has 2 aromatic rings. The molecule has 84 valence electrons. The molecule has 0 bridgehead atoms. The Morgan fingerprint density at radius 1 is 1.31 bits per heavy atom. The van der Waals surface area contributed by atoms with Crippen LogP contribution in [0.5, 0.6) is 0 Å². The van der Waals surface area contributed by atoms with Crippen molar-refractivity contribution >= 4 is 16.7 Å². The molecule has 0 aliphatic rings. The van der Waals surface area contributed by atoms with Crippen LogP contribution in [0, 0.1) is 6.92 Å². The molecule has 2 rings (SSSR count). The molecule has 1 N–H and O–H groups in total. The first-order valence-corrected chi connectivity index (χ1v) is 5.26. The lowest BCUT2D eigenvalue weighted by Crippen LogP contribution is -2.07. The van der Waals surface area contributed by atoms with E-state index in [9.17, 15) is 0 Å². The molecular weight excluding hydrogens is 202 g/mol. The summed E-state index contributed by atoms with van der Waals surface area (Å²) in [5.41, 5.74) is 3.82. The standard InChI is InChI=1S/C12H15N3O/c1-9-3-4-11-12(15-9)7-10(8-14-11)13-5-6-16-2/h3-4,7-8,13H,5-6H2,1-2H3. The van der Waals surface area contributed by atoms with Gasteiger partial charge in [0.15, 0.2) is 0 Å². The van der Waals surface area contributed by atoms with Crippen LogP contribution >= 0.6 is 0 Å². The Bertz CT molecular complexity index is 485. The van der Waals surface area contributed by atoms with E-state index in [-0.39, 0.29) is 0 Å². The second-order valence-electron chi connectivity index (χ2n) is 3.63. The zero-order chi connectivity index (χ0) is 11.4. The highest BCUT2D eigenvalue weighted by Gasteiger charge is 1.98. The lowest BCUT2D eigenvalue weighted by Gasteiger charge is -2.06. The minimum atomic E-state index is 0.680. The molecule has 0 radical (unpaired) electrons. The van der Waals surface area contributed by atoms with Gasteiger partial charge in [-0.15, -0.1) is 0 Å². The number of hydrogen-bond donors (Lipinski definition) is 1. The lowest BCUT2D eigenvalue weighted by molar-refractivity contribution is 0.211. The van der Waals surface area contributed by atoms with Crippen LogP contribution in [0.3, 0.4) is 0 Å². The largest absolute Gasteiger partial charge is 0.383 e. The number of rotatable bonds is 4. The van der Waals surface area contributed by atoms with Gasteiger partial charge in [0.25, 0.3) is 0 Å². The molecule has 0 saturated carbocycles. The molecule has 2 aromatic heterocycles. The summed E-state index contributed by atoms with van der Waals surface area (Å²) in [7, 11) is 1.69. The van der Waals surface area contributed by atoms with Gasteiger partial charge in [-0.2, -0.15) is 0 Å². The van der Waals surface area contributed by atoms with E-state index < -0.39 is 0 Å². The number of aryl methyl sites for hydroxylation is 1. The summed E-state index contributed by atoms with van der Waals surface area (Å²) in [6.45, 7) is 3.43. The predicted molar refractivity (Wildman–Crippen MR) is 64.6 cm³/mol. The molecular formula is C12H15N3O. The fourth-order valence-electron chi connectivity index (χ4n) is 1.50. The minimum Gasteiger partial charge on any atom is -0.383 e. The first-order valence-electron chi connectivity index (χ1n) is 5.26. The van der Waals surface area contributed by atoms with E-state index in [1.54, 1.807) is 7.11 Å². The SMILES string of the molecule is COCCNc1cnc2ccc(C)nc2c1. The summed E-state index contributed by atoms with van der Waals surface area (Å²) in [5.74, 6) is 0. The van der Waals surface area contributed by atoms with Gasteiger partial charge in [0.1, 0.15) is 0 Å². The van der Waals surface area contributed by atoms with Gasteiger partial charge in [-0.05, 0) is 25.1 Å². The third-order valence-electron chi connectivity index (χ3n) is 2.31. The Balaban J connectivity index is 2.21. The maximum absolute atomic E-state index is 4.97. The van der Waals surface area contributed by atoms with Gasteiger partial charge in [0, 0.05) is 19.3 Å². The van der Waals surface area contributed by atoms with Crippen LogP contribution in [-0.2, 0) is 4.74 Å². The van der Waals surface area contributed by atoms with E-state index >= 15 is 0 Å². The first-order chi connectivity index (χ1) is 7.79. The van der Waals surface area contributed by atoms with E-state index in [1.807, 2.05) is 31.3 Å². The molecule has 0 aliphatic carbocycles. The van der Waals surface area contributed by atoms with Gasteiger partial charge in [-0.3, -0.25) is 9.97 Å². The quantitative estimate of drug-likeness (QED) is 0.796. The van der Waals surface area contributed by atoms with Crippen molar-refractivity contribution in [2.45, 2.75) is 6.92 Å². The molecule has 0 unspecified atom stereocenters. The highest BCUT2D eigenvalue weighted by atomic mass is 16.5. The molecule has 16 heavy (non-hydrogen) atoms. The number of aromatic nitrogens is 2. The van der Waals surface area contributed by atoms with Gasteiger partial charge in [-0.1, -0.05) is 0 Å². The Labute approximate surface area is 94.7 Å². The van der Waals surface area contributed by atoms with Crippen LogP contribution in [0.2, 0.25) is 0 Å². The highest BCUT2D eigenvalue weighted by molar-refractivity contribution is 5.77. The molecule has 2 heterocycles. The van der Waals surface area contributed by atoms with Crippen molar-refractivity contribution in [3.8, 4) is 0 Å². The average Bonchev–Trinajstić information content (AvgIpc) is 2.29. The Morgan fingerprint density at radius 3 is 3.00 bits per heavy atom. The predicted octanol–water partition coefficient (Wildman–Crippen LogP) is 2.00. The van der Waals surface area contributed by atoms with Crippen LogP contribution in [0.1, 0.15) is 5.69 Å². The monoisotopic (exact) mass is 217 g/mol. The molecule has 0 atom stereocenters. The summed E-state index contributed by atoms with van der Waals surface area (Å²) in [6, 6.07) is 5.95. The summed E-state index contributed by atoms with van der Waals surface area (Å²) in [5, 5.41) is 3.23. The maximum atomic E-state index is 4.97. The van der Waals surface area contributed by atoms with Crippen molar-refractivity contribution in [2.24, 2.45) is 0 Å². The Kier molecular flexibility index (Phi) is 3.31. The third kappa shape index (κ3) is 2.46. The van der Waals surface area contributed by atoms with Gasteiger partial charge >= 0.3 is 0 Å². The summed E-state index contributed by atoms with van der Waals surface area (Å²) >= 11 is 0. The van der Waals surface area contributed by atoms with E-state index in [2.05, 4.69) is 15.3 Å². The third-order valence-corrected chi connectivity index (χ3v) is 2.31. The van der Waals surface area contributed by atoms with Gasteiger partial charge in [0.05, 0.1) is 29.5 Å². The lowest BCUT2D eigenvalue weighted by atomic mass is 10.2. The second-order valence-corrected chi connectivity index (χ2v) is 3.63. The smallest absolute Gasteiger partial charge is 0.0910 e. The number of nitrogens with one attached hydrogen (secondary N) is 1. The summed E-state index contributed by atoms with van der Waals surface area (Å²) < 4.78 is 4.97. The van der Waals surface area contributed by atoms with Crippen molar-refractivity contribution in [2.75, 3.05) is 25.6 Å². The zero-order valence-electron chi connectivity index (χ0n) is 9.53. The van der Waals surface area contributed by atoms with Crippen LogP contribution in [-0.4, -0.2) is 30.2 Å². The van der Waals surface area contributed by atoms with Crippen molar-refractivity contribution in [1.82, 2.24) is 9.97 Å². The van der Waals surface area contributed by atoms with E-state index in [1.165, 1.54) is 0 Å². The molecule has 4 heteroatoms. The zero-order valence-corrected chi connectivity index (χ0v) is 9.53. The van der Waals surface area contributed by atoms with E-state index in [4.69, 9.17) is 4.74 Å². The number of ether oxygens (including phenoxy) is 1. The normalized spacial score (nSPS) is 10.6. The number of fused-ring (bicyclic) bond motifs is 1. The Morgan fingerprint density at radius 2 is 2.19 bits per heavy atom. The maximum Gasteiger partial charge on any atom is 0.0910 e. The molecule has 0 amide bonds. The molecule has 0 aliphatic heterocycles. The van der Waals surface area contributed by atoms with Gasteiger partial charge in [0.2, 0.25) is 0 Å². The molecule has 0 fully saturated rings. The van der Waals surface area contributed by atoms with Gasteiger partial charge in [-0.25, -0.2) is 0 Å². The van der Waals surface area contributed by atoms with Crippen molar-refractivity contribution < 1.29 is 4.74 Å². The first kappa shape index (κ1) is 10.8. The second kappa shape index (κ2) is 4.90. The molecule has 0 spiro atoms. The number of methoxy groups -OCH3 is 1. The van der Waals surface area contributed by atoms with Gasteiger partial charge < -0.3 is 10.1 Å². The van der Waals surface area contributed by atoms with E-state index in [0.717, 1.165) is 29.0 Å². The van der Waals surface area contributed by atoms with Crippen LogP contribution in [0.15, 0.2) is 24.4 Å². The number of nitrogens with zero attached hydrogens (tertiary/aromatic N) is 2. The molecule has 4 nitrogen and oxygen atoms in total. The van der Waals surface area contributed by atoms with Crippen LogP contribution in [0.25, 0.3) is 11.0 Å². The Hall–Kier alpha value is -1.68. The fourth-order valence-corrected chi connectivity index (χ4v) is 1.50. The van der Waals surface area contributed by atoms with Crippen LogP contribution in [0.4, 0.5) is 5.69 Å². The summed E-state index contributed by atoms with van der Waals surface area (Å²) in [4.78, 5) is 8.77. The molecule has 0 aromatic carbocycles. The number of hydrogen-bond acceptors (Lipinski definition) is 4.